The summed E-state index contributed by atoms with van der Waals surface area (Å²) in [5.41, 5.74) is 6.36. The molecule has 0 fully saturated rings. The smallest absolute Gasteiger partial charge is 0.325 e. The third kappa shape index (κ3) is 8.27. The van der Waals surface area contributed by atoms with Gasteiger partial charge in [0.05, 0.1) is 11.5 Å². The Bertz CT molecular complexity index is 1940. The molecular weight excluding hydrogens is 771 g/mol. The topological polar surface area (TPSA) is 91.2 Å². The van der Waals surface area contributed by atoms with Crippen molar-refractivity contribution in [3.8, 4) is 28.5 Å². The van der Waals surface area contributed by atoms with Crippen LogP contribution >= 0.6 is 0 Å². The summed E-state index contributed by atoms with van der Waals surface area (Å²) in [7, 11) is 0. The number of benzene rings is 3. The number of hydrogen-bond acceptors (Lipinski definition) is 4. The van der Waals surface area contributed by atoms with Gasteiger partial charge in [0.1, 0.15) is 17.5 Å². The predicted molar refractivity (Wildman–Crippen MR) is 196 cm³/mol. The molecule has 0 aliphatic rings. The SMILES string of the molecule is CCC(C)(CC)C(=[OH+])/C=C(\O)C(C)(CC)CC.Cc1[c-]c(-c2nccc3c2ccc2cc(-c4ccc(C#N)nc4)ccc23)cc(C)c1.[Ir]. The second kappa shape index (κ2) is 16.3. The van der Waals surface area contributed by atoms with Crippen LogP contribution in [0.1, 0.15) is 84.0 Å². The summed E-state index contributed by atoms with van der Waals surface area (Å²) in [5.74, 6) is 0.598. The van der Waals surface area contributed by atoms with E-state index in [1.807, 2.05) is 26.1 Å². The Labute approximate surface area is 299 Å². The van der Waals surface area contributed by atoms with Crippen molar-refractivity contribution < 1.29 is 30.0 Å². The molecule has 2 N–H and O–H groups in total. The fourth-order valence-corrected chi connectivity index (χ4v) is 5.75. The number of aryl methyl sites for hydroxylation is 2. The van der Waals surface area contributed by atoms with Gasteiger partial charge in [-0.2, -0.15) is 5.26 Å². The normalized spacial score (nSPS) is 11.8. The Hall–Kier alpha value is -4.17. The molecule has 6 heteroatoms. The van der Waals surface area contributed by atoms with Crippen molar-refractivity contribution in [2.75, 3.05) is 0 Å². The van der Waals surface area contributed by atoms with Crippen LogP contribution in [0.3, 0.4) is 0 Å². The summed E-state index contributed by atoms with van der Waals surface area (Å²) < 4.78 is 0. The maximum absolute atomic E-state index is 10.2. The minimum Gasteiger partial charge on any atom is -0.511 e. The first-order valence-corrected chi connectivity index (χ1v) is 16.6. The number of hydrogen-bond donors (Lipinski definition) is 1. The van der Waals surface area contributed by atoms with Crippen molar-refractivity contribution >= 4 is 27.3 Å². The van der Waals surface area contributed by atoms with E-state index in [1.165, 1.54) is 16.3 Å². The number of pyridine rings is 2. The van der Waals surface area contributed by atoms with Crippen molar-refractivity contribution in [1.82, 2.24) is 9.97 Å². The fourth-order valence-electron chi connectivity index (χ4n) is 5.75. The number of ketones is 1. The molecule has 0 atom stereocenters. The van der Waals surface area contributed by atoms with E-state index in [0.717, 1.165) is 64.4 Å². The van der Waals surface area contributed by atoms with Gasteiger partial charge in [0.25, 0.3) is 0 Å². The Morgan fingerprint density at radius 1 is 0.833 bits per heavy atom. The van der Waals surface area contributed by atoms with Crippen molar-refractivity contribution in [1.29, 1.82) is 5.26 Å². The van der Waals surface area contributed by atoms with Gasteiger partial charge in [-0.25, -0.2) is 4.98 Å². The molecule has 48 heavy (non-hydrogen) atoms. The molecule has 2 aromatic heterocycles. The molecule has 0 aliphatic carbocycles. The maximum atomic E-state index is 10.2. The molecule has 0 saturated carbocycles. The number of aliphatic hydroxyl groups is 1. The standard InChI is InChI=1S/C27H18N3.C15H28O2.Ir/c1-17-11-18(2)13-22(12-17)27-26-8-5-20-14-19(21-3-6-23(15-28)30-16-21)4-7-24(20)25(26)9-10-29-27;1-7-14(5,8-2)12(16)11-13(17)15(6,9-3)10-4;/h3-12,14,16H,1-2H3;11,16H,7-10H2,1-6H3;/q-1;;/p+1/b;12-11-;. The van der Waals surface area contributed by atoms with Crippen LogP contribution < -0.4 is 0 Å². The minimum atomic E-state index is -0.226. The molecule has 2 heterocycles. The Balaban J connectivity index is 0.000000301. The van der Waals surface area contributed by atoms with Gasteiger partial charge in [0.15, 0.2) is 0 Å². The quantitative estimate of drug-likeness (QED) is 0.0527. The Morgan fingerprint density at radius 3 is 2.06 bits per heavy atom. The van der Waals surface area contributed by atoms with Crippen LogP contribution in [0.15, 0.2) is 84.9 Å². The molecule has 0 unspecified atom stereocenters. The van der Waals surface area contributed by atoms with Crippen molar-refractivity contribution in [2.45, 2.75) is 81.1 Å². The van der Waals surface area contributed by atoms with E-state index >= 15 is 0 Å². The van der Waals surface area contributed by atoms with Crippen LogP contribution in [-0.4, -0.2) is 25.7 Å². The summed E-state index contributed by atoms with van der Waals surface area (Å²) in [4.78, 5) is 19.0. The van der Waals surface area contributed by atoms with Gasteiger partial charge in [-0.15, -0.1) is 34.9 Å². The molecule has 5 aromatic rings. The van der Waals surface area contributed by atoms with Gasteiger partial charge < -0.3 is 10.1 Å². The minimum absolute atomic E-state index is 0. The number of nitrogens with zero attached hydrogens (tertiary/aromatic N) is 3. The van der Waals surface area contributed by atoms with Gasteiger partial charge in [-0.1, -0.05) is 72.7 Å². The second-order valence-corrected chi connectivity index (χ2v) is 13.0. The maximum Gasteiger partial charge on any atom is 0.325 e. The first kappa shape index (κ1) is 38.3. The molecule has 3 aromatic carbocycles. The molecule has 0 saturated heterocycles. The van der Waals surface area contributed by atoms with Crippen LogP contribution in [0.2, 0.25) is 0 Å². The Morgan fingerprint density at radius 2 is 1.48 bits per heavy atom. The third-order valence-electron chi connectivity index (χ3n) is 10.0. The molecule has 5 nitrogen and oxygen atoms in total. The molecule has 1 radical (unpaired) electrons. The third-order valence-corrected chi connectivity index (χ3v) is 10.0. The van der Waals surface area contributed by atoms with Gasteiger partial charge in [-0.05, 0) is 89.7 Å². The number of nitriles is 1. The number of fused-ring (bicyclic) bond motifs is 3. The summed E-state index contributed by atoms with van der Waals surface area (Å²) in [6, 6.07) is 26.3. The fraction of sp³-hybridized carbons (Fsp3) is 0.333. The van der Waals surface area contributed by atoms with E-state index in [2.05, 4.69) is 112 Å². The van der Waals surface area contributed by atoms with Gasteiger partial charge in [0, 0.05) is 43.5 Å². The summed E-state index contributed by atoms with van der Waals surface area (Å²) in [5, 5.41) is 23.8. The van der Waals surface area contributed by atoms with Crippen LogP contribution in [0.5, 0.6) is 0 Å². The van der Waals surface area contributed by atoms with E-state index < -0.39 is 0 Å². The van der Waals surface area contributed by atoms with Crippen LogP contribution in [0.4, 0.5) is 0 Å². The van der Waals surface area contributed by atoms with Crippen LogP contribution in [0.25, 0.3) is 43.9 Å². The van der Waals surface area contributed by atoms with Gasteiger partial charge >= 0.3 is 5.78 Å². The van der Waals surface area contributed by atoms with Crippen LogP contribution in [-0.2, 0) is 20.1 Å². The molecule has 0 aliphatic heterocycles. The molecule has 0 amide bonds. The van der Waals surface area contributed by atoms with Crippen molar-refractivity contribution in [3.63, 3.8) is 0 Å². The van der Waals surface area contributed by atoms with E-state index in [9.17, 15) is 9.90 Å². The van der Waals surface area contributed by atoms with Gasteiger partial charge in [0.2, 0.25) is 0 Å². The average molecular weight is 818 g/mol. The number of aromatic nitrogens is 2. The predicted octanol–water partition coefficient (Wildman–Crippen LogP) is 11.0. The summed E-state index contributed by atoms with van der Waals surface area (Å²) in [6.45, 7) is 16.5. The van der Waals surface area contributed by atoms with E-state index in [-0.39, 0.29) is 30.9 Å². The number of rotatable bonds is 9. The average Bonchev–Trinajstić information content (AvgIpc) is 3.10. The summed E-state index contributed by atoms with van der Waals surface area (Å²) >= 11 is 0. The van der Waals surface area contributed by atoms with E-state index in [4.69, 9.17) is 5.26 Å². The summed E-state index contributed by atoms with van der Waals surface area (Å²) in [6.07, 6.45) is 8.67. The zero-order valence-electron chi connectivity index (χ0n) is 29.4. The van der Waals surface area contributed by atoms with E-state index in [0.29, 0.717) is 17.2 Å². The molecule has 0 bridgehead atoms. The van der Waals surface area contributed by atoms with Gasteiger partial charge in [-0.3, -0.25) is 4.79 Å². The number of aliphatic hydroxyl groups excluding tert-OH is 1. The zero-order valence-corrected chi connectivity index (χ0v) is 31.8. The molecule has 0 spiro atoms. The van der Waals surface area contributed by atoms with Crippen molar-refractivity contribution in [3.05, 3.63) is 108 Å². The molecule has 5 rings (SSSR count). The molecule has 251 valence electrons. The Kier molecular flexibility index (Phi) is 13.0. The monoisotopic (exact) mass is 818 g/mol. The van der Waals surface area contributed by atoms with E-state index in [1.54, 1.807) is 18.3 Å². The number of allylic oxidation sites excluding steroid dienone is 2. The number of carbonyl (C=O) groups excluding carboxylic acids is 1. The van der Waals surface area contributed by atoms with Crippen molar-refractivity contribution in [2.24, 2.45) is 10.8 Å². The molecular formula is C42H47IrN3O2. The first-order chi connectivity index (χ1) is 22.4. The van der Waals surface area contributed by atoms with Crippen LogP contribution in [0, 0.1) is 42.1 Å². The zero-order chi connectivity index (χ0) is 34.4. The largest absolute Gasteiger partial charge is 0.511 e. The second-order valence-electron chi connectivity index (χ2n) is 13.0. The first-order valence-electron chi connectivity index (χ1n) is 16.6.